The minimum absolute atomic E-state index is 0.165. The molecule has 1 saturated heterocycles. The van der Waals surface area contributed by atoms with E-state index in [1.165, 1.54) is 13.2 Å². The number of nitrogens with zero attached hydrogens (tertiary/aromatic N) is 1. The van der Waals surface area contributed by atoms with Crippen LogP contribution in [0.3, 0.4) is 0 Å². The third-order valence-corrected chi connectivity index (χ3v) is 4.35. The minimum atomic E-state index is -1.00. The third-order valence-electron chi connectivity index (χ3n) is 4.35. The van der Waals surface area contributed by atoms with E-state index in [-0.39, 0.29) is 23.8 Å². The van der Waals surface area contributed by atoms with Crippen molar-refractivity contribution in [3.05, 3.63) is 64.9 Å². The smallest absolute Gasteiger partial charge is 0.335 e. The van der Waals surface area contributed by atoms with E-state index in [0.29, 0.717) is 29.2 Å². The molecule has 2 aromatic rings. The fourth-order valence-corrected chi connectivity index (χ4v) is 2.87. The van der Waals surface area contributed by atoms with Gasteiger partial charge in [-0.25, -0.2) is 9.59 Å². The molecule has 1 heterocycles. The lowest BCUT2D eigenvalue weighted by molar-refractivity contribution is -0.122. The quantitative estimate of drug-likeness (QED) is 0.551. The van der Waals surface area contributed by atoms with Crippen molar-refractivity contribution in [1.82, 2.24) is 10.2 Å². The number of imide groups is 1. The summed E-state index contributed by atoms with van der Waals surface area (Å²) in [5, 5.41) is 11.6. The van der Waals surface area contributed by atoms with Gasteiger partial charge in [-0.15, -0.1) is 0 Å². The van der Waals surface area contributed by atoms with Crippen LogP contribution in [0.1, 0.15) is 28.4 Å². The third kappa shape index (κ3) is 4.37. The SMILES string of the molecule is CCN1C(=O)NC(=Cc2ccc(OCc3cccc(C(=O)O)c3)c(OC)c2)C1=O. The van der Waals surface area contributed by atoms with Crippen LogP contribution in [0.2, 0.25) is 0 Å². The van der Waals surface area contributed by atoms with Crippen LogP contribution >= 0.6 is 0 Å². The number of carbonyl (C=O) groups excluding carboxylic acids is 2. The zero-order valence-corrected chi connectivity index (χ0v) is 16.0. The zero-order chi connectivity index (χ0) is 21.0. The van der Waals surface area contributed by atoms with E-state index in [9.17, 15) is 14.4 Å². The lowest BCUT2D eigenvalue weighted by Crippen LogP contribution is -2.30. The Morgan fingerprint density at radius 2 is 1.97 bits per heavy atom. The van der Waals surface area contributed by atoms with E-state index in [1.54, 1.807) is 49.4 Å². The summed E-state index contributed by atoms with van der Waals surface area (Å²) in [6.07, 6.45) is 1.57. The first kappa shape index (κ1) is 19.9. The second-order valence-corrected chi connectivity index (χ2v) is 6.24. The van der Waals surface area contributed by atoms with E-state index in [4.69, 9.17) is 14.6 Å². The fourth-order valence-electron chi connectivity index (χ4n) is 2.87. The van der Waals surface area contributed by atoms with Gasteiger partial charge in [-0.2, -0.15) is 0 Å². The van der Waals surface area contributed by atoms with Gasteiger partial charge < -0.3 is 19.9 Å². The van der Waals surface area contributed by atoms with Crippen molar-refractivity contribution in [3.8, 4) is 11.5 Å². The molecule has 29 heavy (non-hydrogen) atoms. The second-order valence-electron chi connectivity index (χ2n) is 6.24. The van der Waals surface area contributed by atoms with Crippen LogP contribution in [0.25, 0.3) is 6.08 Å². The molecule has 8 heteroatoms. The summed E-state index contributed by atoms with van der Waals surface area (Å²) in [4.78, 5) is 36.1. The van der Waals surface area contributed by atoms with Crippen LogP contribution in [0.5, 0.6) is 11.5 Å². The average Bonchev–Trinajstić information content (AvgIpc) is 2.99. The number of rotatable bonds is 7. The average molecular weight is 396 g/mol. The minimum Gasteiger partial charge on any atom is -0.493 e. The van der Waals surface area contributed by atoms with Crippen LogP contribution in [0, 0.1) is 0 Å². The van der Waals surface area contributed by atoms with E-state index in [0.717, 1.165) is 4.90 Å². The van der Waals surface area contributed by atoms with Gasteiger partial charge in [0.15, 0.2) is 11.5 Å². The number of carboxylic acids is 1. The van der Waals surface area contributed by atoms with Crippen molar-refractivity contribution in [2.24, 2.45) is 0 Å². The predicted molar refractivity (Wildman–Crippen MR) is 105 cm³/mol. The van der Waals surface area contributed by atoms with Gasteiger partial charge in [0.1, 0.15) is 12.3 Å². The summed E-state index contributed by atoms with van der Waals surface area (Å²) < 4.78 is 11.1. The topological polar surface area (TPSA) is 105 Å². The molecule has 150 valence electrons. The molecule has 8 nitrogen and oxygen atoms in total. The Kier molecular flexibility index (Phi) is 5.82. The number of carboxylic acid groups (broad SMARTS) is 1. The van der Waals surface area contributed by atoms with Crippen molar-refractivity contribution in [3.63, 3.8) is 0 Å². The normalized spacial score (nSPS) is 14.8. The highest BCUT2D eigenvalue weighted by atomic mass is 16.5. The highest BCUT2D eigenvalue weighted by Gasteiger charge is 2.32. The number of ether oxygens (including phenoxy) is 2. The Labute approximate surface area is 167 Å². The van der Waals surface area contributed by atoms with Crippen LogP contribution < -0.4 is 14.8 Å². The van der Waals surface area contributed by atoms with Gasteiger partial charge in [0.25, 0.3) is 5.91 Å². The van der Waals surface area contributed by atoms with Crippen molar-refractivity contribution >= 4 is 24.0 Å². The lowest BCUT2D eigenvalue weighted by Gasteiger charge is -2.12. The largest absolute Gasteiger partial charge is 0.493 e. The molecule has 0 spiro atoms. The molecule has 0 bridgehead atoms. The summed E-state index contributed by atoms with van der Waals surface area (Å²) >= 11 is 0. The second kappa shape index (κ2) is 8.47. The van der Waals surface area contributed by atoms with Gasteiger partial charge in [0.05, 0.1) is 12.7 Å². The van der Waals surface area contributed by atoms with Crippen LogP contribution in [0.4, 0.5) is 4.79 Å². The van der Waals surface area contributed by atoms with Crippen molar-refractivity contribution < 1.29 is 29.0 Å². The molecular formula is C21H20N2O6. The number of carbonyl (C=O) groups is 3. The summed E-state index contributed by atoms with van der Waals surface area (Å²) in [5.41, 5.74) is 1.74. The maximum Gasteiger partial charge on any atom is 0.335 e. The zero-order valence-electron chi connectivity index (χ0n) is 16.0. The molecule has 0 unspecified atom stereocenters. The summed E-state index contributed by atoms with van der Waals surface area (Å²) in [7, 11) is 1.49. The number of urea groups is 1. The molecule has 2 N–H and O–H groups in total. The van der Waals surface area contributed by atoms with E-state index < -0.39 is 12.0 Å². The maximum atomic E-state index is 12.2. The Bertz CT molecular complexity index is 998. The Morgan fingerprint density at radius 1 is 1.17 bits per heavy atom. The number of hydrogen-bond donors (Lipinski definition) is 2. The number of amides is 3. The molecule has 3 rings (SSSR count). The molecule has 2 aromatic carbocycles. The predicted octanol–water partition coefficient (Wildman–Crippen LogP) is 2.89. The van der Waals surface area contributed by atoms with Gasteiger partial charge in [0.2, 0.25) is 0 Å². The number of hydrogen-bond acceptors (Lipinski definition) is 5. The number of likely N-dealkylation sites (N-methyl/N-ethyl adjacent to an activating group) is 1. The first-order valence-electron chi connectivity index (χ1n) is 8.90. The first-order valence-corrected chi connectivity index (χ1v) is 8.90. The standard InChI is InChI=1S/C21H20N2O6/c1-3-23-19(24)16(22-21(23)27)10-13-7-8-17(18(11-13)28-2)29-12-14-5-4-6-15(9-14)20(25)26/h4-11H,3,12H2,1-2H3,(H,22,27)(H,25,26). The lowest BCUT2D eigenvalue weighted by atomic mass is 10.1. The number of methoxy groups -OCH3 is 1. The highest BCUT2D eigenvalue weighted by Crippen LogP contribution is 2.30. The number of nitrogens with one attached hydrogen (secondary N) is 1. The van der Waals surface area contributed by atoms with E-state index in [2.05, 4.69) is 5.32 Å². The number of benzene rings is 2. The number of aromatic carboxylic acids is 1. The molecule has 0 atom stereocenters. The van der Waals surface area contributed by atoms with Crippen molar-refractivity contribution in [1.29, 1.82) is 0 Å². The van der Waals surface area contributed by atoms with Gasteiger partial charge in [-0.1, -0.05) is 18.2 Å². The fraction of sp³-hybridized carbons (Fsp3) is 0.190. The molecule has 1 aliphatic heterocycles. The van der Waals surface area contributed by atoms with Crippen LogP contribution in [0.15, 0.2) is 48.2 Å². The summed E-state index contributed by atoms with van der Waals surface area (Å²) in [6.45, 7) is 2.18. The molecule has 3 amide bonds. The Hall–Kier alpha value is -3.81. The molecule has 0 radical (unpaired) electrons. The van der Waals surface area contributed by atoms with Crippen molar-refractivity contribution in [2.45, 2.75) is 13.5 Å². The van der Waals surface area contributed by atoms with Gasteiger partial charge in [0, 0.05) is 6.54 Å². The molecule has 1 aliphatic rings. The van der Waals surface area contributed by atoms with Gasteiger partial charge in [-0.3, -0.25) is 9.69 Å². The molecular weight excluding hydrogens is 376 g/mol. The van der Waals surface area contributed by atoms with Crippen molar-refractivity contribution in [2.75, 3.05) is 13.7 Å². The Balaban J connectivity index is 1.77. The Morgan fingerprint density at radius 3 is 2.62 bits per heavy atom. The van der Waals surface area contributed by atoms with Crippen LogP contribution in [-0.2, 0) is 11.4 Å². The molecule has 0 aliphatic carbocycles. The monoisotopic (exact) mass is 396 g/mol. The van der Waals surface area contributed by atoms with E-state index >= 15 is 0 Å². The highest BCUT2D eigenvalue weighted by molar-refractivity contribution is 6.13. The van der Waals surface area contributed by atoms with Gasteiger partial charge in [-0.05, 0) is 48.4 Å². The van der Waals surface area contributed by atoms with E-state index in [1.807, 2.05) is 0 Å². The van der Waals surface area contributed by atoms with Gasteiger partial charge >= 0.3 is 12.0 Å². The molecule has 1 fully saturated rings. The first-order chi connectivity index (χ1) is 13.9. The summed E-state index contributed by atoms with van der Waals surface area (Å²) in [5.74, 6) is -0.475. The molecule has 0 saturated carbocycles. The summed E-state index contributed by atoms with van der Waals surface area (Å²) in [6, 6.07) is 11.1. The molecule has 0 aromatic heterocycles. The maximum absolute atomic E-state index is 12.2. The van der Waals surface area contributed by atoms with Crippen LogP contribution in [-0.4, -0.2) is 41.6 Å².